The van der Waals surface area contributed by atoms with Crippen molar-refractivity contribution in [3.05, 3.63) is 52.8 Å². The van der Waals surface area contributed by atoms with Gasteiger partial charge in [0.2, 0.25) is 5.91 Å². The first-order valence-corrected chi connectivity index (χ1v) is 9.91. The topological polar surface area (TPSA) is 46.9 Å². The van der Waals surface area contributed by atoms with Crippen molar-refractivity contribution in [1.29, 1.82) is 0 Å². The zero-order chi connectivity index (χ0) is 18.3. The van der Waals surface area contributed by atoms with Crippen molar-refractivity contribution in [3.63, 3.8) is 0 Å². The number of fused-ring (bicyclic) bond motifs is 1. The molecule has 2 aliphatic carbocycles. The molecular formula is C22H29N3O. The van der Waals surface area contributed by atoms with Gasteiger partial charge in [0.25, 0.3) is 0 Å². The molecule has 0 spiro atoms. The lowest BCUT2D eigenvalue weighted by molar-refractivity contribution is -0.124. The lowest BCUT2D eigenvalue weighted by Crippen LogP contribution is -2.56. The van der Waals surface area contributed by atoms with Gasteiger partial charge in [0.15, 0.2) is 0 Å². The molecule has 4 atom stereocenters. The van der Waals surface area contributed by atoms with E-state index in [2.05, 4.69) is 54.6 Å². The van der Waals surface area contributed by atoms with Gasteiger partial charge in [-0.2, -0.15) is 5.10 Å². The monoisotopic (exact) mass is 351 g/mol. The maximum Gasteiger partial charge on any atom is 0.222 e. The second-order valence-electron chi connectivity index (χ2n) is 8.06. The average molecular weight is 351 g/mol. The summed E-state index contributed by atoms with van der Waals surface area (Å²) in [6, 6.07) is 11.0. The average Bonchev–Trinajstić information content (AvgIpc) is 3.16. The molecule has 1 heterocycles. The summed E-state index contributed by atoms with van der Waals surface area (Å²) < 4.78 is 1.97. The normalized spacial score (nSPS) is 27.0. The van der Waals surface area contributed by atoms with Gasteiger partial charge in [-0.1, -0.05) is 36.8 Å². The third kappa shape index (κ3) is 2.95. The number of carbonyl (C=O) groups excluding carboxylic acids is 1. The van der Waals surface area contributed by atoms with Gasteiger partial charge >= 0.3 is 0 Å². The molecule has 4 nitrogen and oxygen atoms in total. The number of hydrogen-bond acceptors (Lipinski definition) is 2. The van der Waals surface area contributed by atoms with E-state index in [-0.39, 0.29) is 5.91 Å². The fraction of sp³-hybridized carbons (Fsp3) is 0.545. The summed E-state index contributed by atoms with van der Waals surface area (Å²) in [5.41, 5.74) is 4.83. The summed E-state index contributed by atoms with van der Waals surface area (Å²) in [7, 11) is 0. The lowest BCUT2D eigenvalue weighted by Gasteiger charge is -2.49. The summed E-state index contributed by atoms with van der Waals surface area (Å²) in [6.07, 6.45) is 4.37. The molecule has 2 aliphatic rings. The maximum atomic E-state index is 12.6. The molecule has 26 heavy (non-hydrogen) atoms. The third-order valence-electron chi connectivity index (χ3n) is 6.74. The van der Waals surface area contributed by atoms with Crippen LogP contribution in [0.3, 0.4) is 0 Å². The summed E-state index contributed by atoms with van der Waals surface area (Å²) in [5.74, 6) is 2.07. The van der Waals surface area contributed by atoms with Gasteiger partial charge in [0, 0.05) is 30.6 Å². The number of nitrogens with one attached hydrogen (secondary N) is 1. The summed E-state index contributed by atoms with van der Waals surface area (Å²) in [4.78, 5) is 12.6. The molecule has 1 aromatic carbocycles. The smallest absolute Gasteiger partial charge is 0.222 e. The number of benzene rings is 1. The van der Waals surface area contributed by atoms with Gasteiger partial charge in [0.1, 0.15) is 0 Å². The van der Waals surface area contributed by atoms with Gasteiger partial charge in [-0.15, -0.1) is 0 Å². The molecule has 1 amide bonds. The van der Waals surface area contributed by atoms with E-state index in [1.165, 1.54) is 30.4 Å². The molecule has 0 radical (unpaired) electrons. The molecule has 4 rings (SSSR count). The van der Waals surface area contributed by atoms with Crippen LogP contribution in [0.15, 0.2) is 30.3 Å². The van der Waals surface area contributed by atoms with Gasteiger partial charge in [-0.05, 0) is 56.6 Å². The first-order chi connectivity index (χ1) is 12.6. The Bertz CT molecular complexity index is 795. The van der Waals surface area contributed by atoms with Crippen molar-refractivity contribution < 1.29 is 4.79 Å². The lowest BCUT2D eigenvalue weighted by atomic mass is 9.60. The summed E-state index contributed by atoms with van der Waals surface area (Å²) >= 11 is 0. The second-order valence-corrected chi connectivity index (χ2v) is 8.06. The minimum absolute atomic E-state index is 0.159. The van der Waals surface area contributed by atoms with Crippen LogP contribution in [0.25, 0.3) is 0 Å². The number of aryl methyl sites for hydroxylation is 2. The van der Waals surface area contributed by atoms with E-state index in [9.17, 15) is 4.79 Å². The highest BCUT2D eigenvalue weighted by molar-refractivity contribution is 5.76. The van der Waals surface area contributed by atoms with Crippen LogP contribution >= 0.6 is 0 Å². The Balaban J connectivity index is 1.40. The van der Waals surface area contributed by atoms with Crippen molar-refractivity contribution in [2.45, 2.75) is 65.0 Å². The minimum Gasteiger partial charge on any atom is -0.352 e. The first-order valence-electron chi connectivity index (χ1n) is 9.91. The van der Waals surface area contributed by atoms with E-state index in [0.717, 1.165) is 17.3 Å². The highest BCUT2D eigenvalue weighted by Crippen LogP contribution is 2.55. The zero-order valence-electron chi connectivity index (χ0n) is 16.0. The standard InChI is InChI=1S/C22H29N3O/c1-14-15(2)24-25(16(14)3)13-12-20(26)23-22-19-11-7-10-18(19)21(22)17-8-5-4-6-9-17/h4-6,8-9,18-19,21-22H,7,10-13H2,1-3H3,(H,23,26)/t18-,19+,21-,22+/m0/s1. The van der Waals surface area contributed by atoms with Crippen LogP contribution in [0.1, 0.15) is 54.1 Å². The molecule has 2 fully saturated rings. The van der Waals surface area contributed by atoms with E-state index in [0.29, 0.717) is 30.8 Å². The predicted octanol–water partition coefficient (Wildman–Crippen LogP) is 3.90. The molecule has 2 aromatic rings. The Morgan fingerprint density at radius 3 is 2.58 bits per heavy atom. The summed E-state index contributed by atoms with van der Waals surface area (Å²) in [5, 5.41) is 7.91. The van der Waals surface area contributed by atoms with E-state index in [4.69, 9.17) is 0 Å². The quantitative estimate of drug-likeness (QED) is 0.888. The number of nitrogens with zero attached hydrogens (tertiary/aromatic N) is 2. The predicted molar refractivity (Wildman–Crippen MR) is 103 cm³/mol. The van der Waals surface area contributed by atoms with Crippen molar-refractivity contribution in [1.82, 2.24) is 15.1 Å². The zero-order valence-corrected chi connectivity index (χ0v) is 16.0. The van der Waals surface area contributed by atoms with Crippen LogP contribution in [-0.2, 0) is 11.3 Å². The number of rotatable bonds is 5. The van der Waals surface area contributed by atoms with Crippen molar-refractivity contribution in [2.24, 2.45) is 11.8 Å². The minimum atomic E-state index is 0.159. The summed E-state index contributed by atoms with van der Waals surface area (Å²) in [6.45, 7) is 6.85. The third-order valence-corrected chi connectivity index (χ3v) is 6.74. The molecule has 2 saturated carbocycles. The Kier molecular flexibility index (Phi) is 4.60. The largest absolute Gasteiger partial charge is 0.352 e. The molecule has 0 aliphatic heterocycles. The molecule has 4 heteroatoms. The molecular weight excluding hydrogens is 322 g/mol. The molecule has 0 saturated heterocycles. The first kappa shape index (κ1) is 17.3. The van der Waals surface area contributed by atoms with Gasteiger partial charge in [-0.3, -0.25) is 9.48 Å². The highest BCUT2D eigenvalue weighted by atomic mass is 16.1. The van der Waals surface area contributed by atoms with Crippen LogP contribution in [0, 0.1) is 32.6 Å². The SMILES string of the molecule is Cc1nn(CCC(=O)N[C@@H]2[C@@H]3CCC[C@@H]3[C@@H]2c2ccccc2)c(C)c1C. The number of carbonyl (C=O) groups is 1. The number of aromatic nitrogens is 2. The van der Waals surface area contributed by atoms with Gasteiger partial charge in [0.05, 0.1) is 5.69 Å². The van der Waals surface area contributed by atoms with Gasteiger partial charge in [-0.25, -0.2) is 0 Å². The van der Waals surface area contributed by atoms with Crippen LogP contribution < -0.4 is 5.32 Å². The van der Waals surface area contributed by atoms with Crippen molar-refractivity contribution in [2.75, 3.05) is 0 Å². The Labute approximate surface area is 156 Å². The molecule has 138 valence electrons. The molecule has 1 aromatic heterocycles. The van der Waals surface area contributed by atoms with Crippen LogP contribution in [-0.4, -0.2) is 21.7 Å². The Morgan fingerprint density at radius 2 is 1.88 bits per heavy atom. The second kappa shape index (κ2) is 6.90. The molecule has 0 bridgehead atoms. The molecule has 1 N–H and O–H groups in total. The van der Waals surface area contributed by atoms with E-state index < -0.39 is 0 Å². The van der Waals surface area contributed by atoms with E-state index in [1.807, 2.05) is 11.6 Å². The number of amides is 1. The van der Waals surface area contributed by atoms with Crippen LogP contribution in [0.4, 0.5) is 0 Å². The van der Waals surface area contributed by atoms with E-state index >= 15 is 0 Å². The fourth-order valence-electron chi connectivity index (χ4n) is 5.09. The Morgan fingerprint density at radius 1 is 1.15 bits per heavy atom. The number of hydrogen-bond donors (Lipinski definition) is 1. The maximum absolute atomic E-state index is 12.6. The fourth-order valence-corrected chi connectivity index (χ4v) is 5.09. The van der Waals surface area contributed by atoms with Crippen LogP contribution in [0.5, 0.6) is 0 Å². The highest BCUT2D eigenvalue weighted by Gasteiger charge is 2.53. The van der Waals surface area contributed by atoms with Crippen molar-refractivity contribution in [3.8, 4) is 0 Å². The van der Waals surface area contributed by atoms with Crippen LogP contribution in [0.2, 0.25) is 0 Å². The van der Waals surface area contributed by atoms with E-state index in [1.54, 1.807) is 0 Å². The van der Waals surface area contributed by atoms with Gasteiger partial charge < -0.3 is 5.32 Å². The van der Waals surface area contributed by atoms with Crippen molar-refractivity contribution >= 4 is 5.91 Å². The Hall–Kier alpha value is -2.10. The molecule has 0 unspecified atom stereocenters.